The number of carbonyl (C=O) groups excluding carboxylic acids is 2. The van der Waals surface area contributed by atoms with Gasteiger partial charge in [0.2, 0.25) is 5.91 Å². The molecule has 176 valence electrons. The number of β-amino-alcohol motifs (C(OH)–C–C–N with tert-alkyl or cyclic N) is 1. The molecule has 3 fully saturated rings. The Labute approximate surface area is 193 Å². The standard InChI is InChI=1S/C23H32ClFN4O3/c1-16-14-28(11-3-10-27-13-9-23(7-8-23)19(30)15-27)20(31)6-12-29(16)22(32)26-18-5-2-4-17(24)21(18)25/h2,4-5,16,19,30H,3,6-15H2,1H3,(H,26,32). The quantitative estimate of drug-likeness (QED) is 0.698. The number of likely N-dealkylation sites (tertiary alicyclic amines) is 1. The fourth-order valence-corrected chi connectivity index (χ4v) is 5.10. The number of carbonyl (C=O) groups is 2. The van der Waals surface area contributed by atoms with Gasteiger partial charge in [0.25, 0.3) is 0 Å². The number of amides is 3. The molecule has 1 saturated carbocycles. The van der Waals surface area contributed by atoms with E-state index in [1.54, 1.807) is 11.0 Å². The zero-order valence-electron chi connectivity index (χ0n) is 18.5. The van der Waals surface area contributed by atoms with E-state index in [0.29, 0.717) is 13.1 Å². The topological polar surface area (TPSA) is 76.1 Å². The fourth-order valence-electron chi connectivity index (χ4n) is 4.93. The van der Waals surface area contributed by atoms with Crippen molar-refractivity contribution in [1.29, 1.82) is 0 Å². The summed E-state index contributed by atoms with van der Waals surface area (Å²) in [5.74, 6) is -0.644. The normalized spacial score (nSPS) is 25.7. The summed E-state index contributed by atoms with van der Waals surface area (Å²) in [6, 6.07) is 3.82. The molecule has 3 aliphatic rings. The molecular weight excluding hydrogens is 435 g/mol. The van der Waals surface area contributed by atoms with Crippen molar-refractivity contribution in [3.05, 3.63) is 29.0 Å². The minimum atomic E-state index is -0.668. The van der Waals surface area contributed by atoms with E-state index >= 15 is 0 Å². The van der Waals surface area contributed by atoms with Gasteiger partial charge in [-0.05, 0) is 63.2 Å². The van der Waals surface area contributed by atoms with E-state index in [4.69, 9.17) is 11.6 Å². The minimum Gasteiger partial charge on any atom is -0.391 e. The lowest BCUT2D eigenvalue weighted by molar-refractivity contribution is -0.130. The molecular formula is C23H32ClFN4O3. The van der Waals surface area contributed by atoms with Crippen LogP contribution in [0.1, 0.15) is 39.0 Å². The molecule has 2 N–H and O–H groups in total. The van der Waals surface area contributed by atoms with E-state index in [-0.39, 0.29) is 47.1 Å². The molecule has 1 aliphatic carbocycles. The van der Waals surface area contributed by atoms with Crippen molar-refractivity contribution in [1.82, 2.24) is 14.7 Å². The van der Waals surface area contributed by atoms with Gasteiger partial charge in [0.15, 0.2) is 5.82 Å². The second-order valence-electron chi connectivity index (χ2n) is 9.45. The molecule has 1 aromatic rings. The monoisotopic (exact) mass is 466 g/mol. The summed E-state index contributed by atoms with van der Waals surface area (Å²) in [6.07, 6.45) is 4.20. The second-order valence-corrected chi connectivity index (χ2v) is 9.85. The van der Waals surface area contributed by atoms with Crippen LogP contribution in [0, 0.1) is 11.2 Å². The third kappa shape index (κ3) is 5.02. The Morgan fingerprint density at radius 3 is 2.75 bits per heavy atom. The van der Waals surface area contributed by atoms with E-state index in [1.165, 1.54) is 12.1 Å². The molecule has 0 bridgehead atoms. The van der Waals surface area contributed by atoms with Crippen molar-refractivity contribution in [3.63, 3.8) is 0 Å². The Morgan fingerprint density at radius 2 is 2.03 bits per heavy atom. The van der Waals surface area contributed by atoms with Gasteiger partial charge in [0.1, 0.15) is 0 Å². The molecule has 2 unspecified atom stereocenters. The number of piperidine rings is 1. The van der Waals surface area contributed by atoms with Crippen molar-refractivity contribution in [2.75, 3.05) is 44.6 Å². The molecule has 3 amide bonds. The van der Waals surface area contributed by atoms with Crippen molar-refractivity contribution < 1.29 is 19.1 Å². The number of halogens is 2. The molecule has 4 rings (SSSR count). The highest BCUT2D eigenvalue weighted by molar-refractivity contribution is 6.31. The van der Waals surface area contributed by atoms with Gasteiger partial charge in [0, 0.05) is 38.6 Å². The summed E-state index contributed by atoms with van der Waals surface area (Å²) in [5, 5.41) is 12.9. The summed E-state index contributed by atoms with van der Waals surface area (Å²) in [5.41, 5.74) is 0.226. The Balaban J connectivity index is 1.27. The lowest BCUT2D eigenvalue weighted by Crippen LogP contribution is -2.46. The molecule has 0 radical (unpaired) electrons. The van der Waals surface area contributed by atoms with Crippen LogP contribution >= 0.6 is 11.6 Å². The Morgan fingerprint density at radius 1 is 1.25 bits per heavy atom. The minimum absolute atomic E-state index is 0.0247. The molecule has 1 aromatic carbocycles. The molecule has 1 spiro atoms. The number of nitrogens with zero attached hydrogens (tertiary/aromatic N) is 3. The van der Waals surface area contributed by atoms with Gasteiger partial charge in [-0.15, -0.1) is 0 Å². The summed E-state index contributed by atoms with van der Waals surface area (Å²) in [6.45, 7) is 5.83. The second kappa shape index (κ2) is 9.53. The molecule has 2 saturated heterocycles. The first kappa shape index (κ1) is 23.3. The summed E-state index contributed by atoms with van der Waals surface area (Å²) >= 11 is 5.80. The van der Waals surface area contributed by atoms with Crippen molar-refractivity contribution in [3.8, 4) is 0 Å². The third-order valence-corrected chi connectivity index (χ3v) is 7.54. The number of rotatable bonds is 5. The smallest absolute Gasteiger partial charge is 0.322 e. The highest BCUT2D eigenvalue weighted by Crippen LogP contribution is 2.53. The highest BCUT2D eigenvalue weighted by Gasteiger charge is 2.51. The van der Waals surface area contributed by atoms with Crippen LogP contribution in [0.4, 0.5) is 14.9 Å². The SMILES string of the molecule is CC1CN(CCCN2CCC3(CC3)C(O)C2)C(=O)CCN1C(=O)Nc1cccc(Cl)c1F. The summed E-state index contributed by atoms with van der Waals surface area (Å²) in [4.78, 5) is 31.1. The number of aliphatic hydroxyl groups excluding tert-OH is 1. The molecule has 7 nitrogen and oxygen atoms in total. The number of nitrogens with one attached hydrogen (secondary N) is 1. The Bertz CT molecular complexity index is 866. The van der Waals surface area contributed by atoms with Crippen molar-refractivity contribution >= 4 is 29.2 Å². The van der Waals surface area contributed by atoms with Crippen LogP contribution in [0.15, 0.2) is 18.2 Å². The largest absolute Gasteiger partial charge is 0.391 e. The Hall–Kier alpha value is -1.90. The molecule has 2 heterocycles. The van der Waals surface area contributed by atoms with Crippen LogP contribution in [-0.4, -0.2) is 83.2 Å². The number of aliphatic hydroxyl groups is 1. The van der Waals surface area contributed by atoms with Gasteiger partial charge in [-0.3, -0.25) is 4.79 Å². The van der Waals surface area contributed by atoms with Gasteiger partial charge in [0.05, 0.1) is 16.8 Å². The molecule has 9 heteroatoms. The lowest BCUT2D eigenvalue weighted by atomic mass is 9.90. The number of urea groups is 1. The maximum absolute atomic E-state index is 14.1. The predicted molar refractivity (Wildman–Crippen MR) is 121 cm³/mol. The van der Waals surface area contributed by atoms with Crippen LogP contribution in [0.25, 0.3) is 0 Å². The number of benzene rings is 1. The maximum Gasteiger partial charge on any atom is 0.322 e. The number of anilines is 1. The lowest BCUT2D eigenvalue weighted by Gasteiger charge is -2.36. The van der Waals surface area contributed by atoms with Gasteiger partial charge in [-0.25, -0.2) is 9.18 Å². The van der Waals surface area contributed by atoms with Gasteiger partial charge in [-0.1, -0.05) is 17.7 Å². The summed E-state index contributed by atoms with van der Waals surface area (Å²) < 4.78 is 14.1. The van der Waals surface area contributed by atoms with E-state index < -0.39 is 11.8 Å². The molecule has 2 atom stereocenters. The molecule has 32 heavy (non-hydrogen) atoms. The first-order valence-corrected chi connectivity index (χ1v) is 11.9. The highest BCUT2D eigenvalue weighted by atomic mass is 35.5. The number of hydrogen-bond acceptors (Lipinski definition) is 4. The molecule has 2 aliphatic heterocycles. The van der Waals surface area contributed by atoms with Crippen LogP contribution in [0.2, 0.25) is 5.02 Å². The van der Waals surface area contributed by atoms with E-state index in [2.05, 4.69) is 10.2 Å². The van der Waals surface area contributed by atoms with Crippen LogP contribution in [-0.2, 0) is 4.79 Å². The van der Waals surface area contributed by atoms with E-state index in [9.17, 15) is 19.1 Å². The predicted octanol–water partition coefficient (Wildman–Crippen LogP) is 3.17. The van der Waals surface area contributed by atoms with Crippen LogP contribution in [0.3, 0.4) is 0 Å². The van der Waals surface area contributed by atoms with Gasteiger partial charge >= 0.3 is 6.03 Å². The zero-order valence-corrected chi connectivity index (χ0v) is 19.3. The number of hydrogen-bond donors (Lipinski definition) is 2. The fraction of sp³-hybridized carbons (Fsp3) is 0.652. The summed E-state index contributed by atoms with van der Waals surface area (Å²) in [7, 11) is 0. The van der Waals surface area contributed by atoms with Crippen molar-refractivity contribution in [2.45, 2.75) is 51.2 Å². The van der Waals surface area contributed by atoms with Crippen LogP contribution in [0.5, 0.6) is 0 Å². The van der Waals surface area contributed by atoms with Gasteiger partial charge < -0.3 is 25.1 Å². The van der Waals surface area contributed by atoms with E-state index in [0.717, 1.165) is 45.3 Å². The maximum atomic E-state index is 14.1. The van der Waals surface area contributed by atoms with Gasteiger partial charge in [-0.2, -0.15) is 0 Å². The third-order valence-electron chi connectivity index (χ3n) is 7.25. The van der Waals surface area contributed by atoms with Crippen LogP contribution < -0.4 is 5.32 Å². The van der Waals surface area contributed by atoms with E-state index in [1.807, 2.05) is 11.8 Å². The van der Waals surface area contributed by atoms with Crippen molar-refractivity contribution in [2.24, 2.45) is 5.41 Å². The average molecular weight is 467 g/mol. The molecule has 0 aromatic heterocycles. The zero-order chi connectivity index (χ0) is 22.9. The average Bonchev–Trinajstić information content (AvgIpc) is 3.55. The first-order chi connectivity index (χ1) is 15.3. The Kier molecular flexibility index (Phi) is 6.93. The first-order valence-electron chi connectivity index (χ1n) is 11.5.